The molecule has 6 nitrogen and oxygen atoms in total. The molecule has 3 aromatic carbocycles. The van der Waals surface area contributed by atoms with Crippen molar-refractivity contribution >= 4 is 32.4 Å². The summed E-state index contributed by atoms with van der Waals surface area (Å²) in [6, 6.07) is 17.3. The molecule has 2 N–H and O–H groups in total. The quantitative estimate of drug-likeness (QED) is 0.553. The van der Waals surface area contributed by atoms with Crippen LogP contribution in [0.3, 0.4) is 0 Å². The highest BCUT2D eigenvalue weighted by atomic mass is 32.2. The Morgan fingerprint density at radius 2 is 1.70 bits per heavy atom. The lowest BCUT2D eigenvalue weighted by molar-refractivity contribution is 0.102. The largest absolute Gasteiger partial charge is 0.493 e. The fraction of sp³-hybridized carbons (Fsp3) is 0.261. The van der Waals surface area contributed by atoms with Crippen molar-refractivity contribution in [1.82, 2.24) is 4.72 Å². The van der Waals surface area contributed by atoms with Crippen molar-refractivity contribution < 1.29 is 17.9 Å². The highest BCUT2D eigenvalue weighted by molar-refractivity contribution is 7.89. The Bertz CT molecular complexity index is 1140. The number of rotatable bonds is 8. The van der Waals surface area contributed by atoms with Gasteiger partial charge in [0.1, 0.15) is 5.75 Å². The van der Waals surface area contributed by atoms with E-state index in [1.807, 2.05) is 51.1 Å². The molecule has 0 fully saturated rings. The third-order valence-corrected chi connectivity index (χ3v) is 6.41. The minimum absolute atomic E-state index is 0.154. The maximum absolute atomic E-state index is 13.1. The van der Waals surface area contributed by atoms with Crippen molar-refractivity contribution in [3.63, 3.8) is 0 Å². The number of hydrogen-bond donors (Lipinski definition) is 2. The average Bonchev–Trinajstić information content (AvgIpc) is 2.73. The molecule has 30 heavy (non-hydrogen) atoms. The highest BCUT2D eigenvalue weighted by Crippen LogP contribution is 2.29. The number of nitrogens with one attached hydrogen (secondary N) is 2. The summed E-state index contributed by atoms with van der Waals surface area (Å²) in [7, 11) is -3.59. The Morgan fingerprint density at radius 3 is 2.37 bits per heavy atom. The number of ether oxygens (including phenoxy) is 1. The van der Waals surface area contributed by atoms with Gasteiger partial charge < -0.3 is 10.1 Å². The zero-order valence-corrected chi connectivity index (χ0v) is 18.1. The predicted octanol–water partition coefficient (Wildman–Crippen LogP) is 4.57. The van der Waals surface area contributed by atoms with Crippen LogP contribution >= 0.6 is 0 Å². The Morgan fingerprint density at radius 1 is 1.00 bits per heavy atom. The molecule has 3 rings (SSSR count). The van der Waals surface area contributed by atoms with Gasteiger partial charge in [-0.15, -0.1) is 0 Å². The van der Waals surface area contributed by atoms with E-state index in [0.717, 1.165) is 10.8 Å². The van der Waals surface area contributed by atoms with Crippen LogP contribution in [-0.4, -0.2) is 27.0 Å². The predicted molar refractivity (Wildman–Crippen MR) is 120 cm³/mol. The van der Waals surface area contributed by atoms with E-state index in [0.29, 0.717) is 30.0 Å². The monoisotopic (exact) mass is 426 g/mol. The van der Waals surface area contributed by atoms with Crippen LogP contribution in [0.5, 0.6) is 5.75 Å². The van der Waals surface area contributed by atoms with E-state index >= 15 is 0 Å². The molecule has 158 valence electrons. The topological polar surface area (TPSA) is 84.5 Å². The van der Waals surface area contributed by atoms with Gasteiger partial charge in [-0.1, -0.05) is 37.3 Å². The van der Waals surface area contributed by atoms with E-state index in [4.69, 9.17) is 4.74 Å². The number of carbonyl (C=O) groups is 1. The van der Waals surface area contributed by atoms with E-state index in [1.54, 1.807) is 18.2 Å². The number of anilines is 1. The lowest BCUT2D eigenvalue weighted by Crippen LogP contribution is -2.31. The van der Waals surface area contributed by atoms with E-state index < -0.39 is 10.0 Å². The minimum Gasteiger partial charge on any atom is -0.493 e. The Hall–Kier alpha value is -2.90. The summed E-state index contributed by atoms with van der Waals surface area (Å²) >= 11 is 0. The second kappa shape index (κ2) is 9.28. The van der Waals surface area contributed by atoms with Crippen LogP contribution < -0.4 is 14.8 Å². The summed E-state index contributed by atoms with van der Waals surface area (Å²) in [5.74, 6) is 0.189. The molecule has 0 heterocycles. The molecule has 0 saturated heterocycles. The molecule has 7 heteroatoms. The molecule has 0 aliphatic rings. The van der Waals surface area contributed by atoms with Crippen LogP contribution in [0, 0.1) is 0 Å². The van der Waals surface area contributed by atoms with Crippen molar-refractivity contribution in [2.45, 2.75) is 38.1 Å². The van der Waals surface area contributed by atoms with Gasteiger partial charge >= 0.3 is 0 Å². The van der Waals surface area contributed by atoms with Crippen molar-refractivity contribution in [2.24, 2.45) is 0 Å². The summed E-state index contributed by atoms with van der Waals surface area (Å²) in [6.07, 6.45) is 0.695. The lowest BCUT2D eigenvalue weighted by Gasteiger charge is -2.14. The average molecular weight is 427 g/mol. The fourth-order valence-corrected chi connectivity index (χ4v) is 4.42. The molecular formula is C23H26N2O4S. The molecule has 0 aromatic heterocycles. The molecule has 3 aromatic rings. The van der Waals surface area contributed by atoms with Crippen molar-refractivity contribution in [3.8, 4) is 5.75 Å². The van der Waals surface area contributed by atoms with Gasteiger partial charge in [0, 0.05) is 11.7 Å². The van der Waals surface area contributed by atoms with Gasteiger partial charge in [0.25, 0.3) is 5.91 Å². The minimum atomic E-state index is -3.59. The van der Waals surface area contributed by atoms with Gasteiger partial charge in [-0.2, -0.15) is 0 Å². The third kappa shape index (κ3) is 4.80. The molecule has 0 spiro atoms. The molecular weight excluding hydrogens is 400 g/mol. The zero-order valence-electron chi connectivity index (χ0n) is 17.3. The molecule has 0 bridgehead atoms. The van der Waals surface area contributed by atoms with Crippen molar-refractivity contribution in [3.05, 3.63) is 66.2 Å². The SMILES string of the molecule is CCOc1ccc2ccccc2c1C(=O)Nc1ccc(S(=O)(=O)N[C@H](C)CC)cc1. The summed E-state index contributed by atoms with van der Waals surface area (Å²) < 4.78 is 33.1. The first-order valence-electron chi connectivity index (χ1n) is 9.94. The first kappa shape index (κ1) is 21.8. The molecule has 0 aliphatic heterocycles. The Balaban J connectivity index is 1.87. The summed E-state index contributed by atoms with van der Waals surface area (Å²) in [5.41, 5.74) is 0.947. The number of sulfonamides is 1. The van der Waals surface area contributed by atoms with Crippen LogP contribution in [0.15, 0.2) is 65.6 Å². The molecule has 0 aliphatic carbocycles. The number of hydrogen-bond acceptors (Lipinski definition) is 4. The van der Waals surface area contributed by atoms with Crippen LogP contribution in [0.1, 0.15) is 37.6 Å². The third-order valence-electron chi connectivity index (χ3n) is 4.81. The number of fused-ring (bicyclic) bond motifs is 1. The maximum atomic E-state index is 13.1. The Labute approximate surface area is 177 Å². The van der Waals surface area contributed by atoms with Gasteiger partial charge in [0.15, 0.2) is 0 Å². The zero-order chi connectivity index (χ0) is 21.7. The fourth-order valence-electron chi connectivity index (χ4n) is 3.09. The van der Waals surface area contributed by atoms with Gasteiger partial charge in [-0.25, -0.2) is 13.1 Å². The van der Waals surface area contributed by atoms with E-state index in [2.05, 4.69) is 10.0 Å². The Kier molecular flexibility index (Phi) is 6.74. The number of benzene rings is 3. The number of amides is 1. The van der Waals surface area contributed by atoms with Crippen LogP contribution in [0.25, 0.3) is 10.8 Å². The van der Waals surface area contributed by atoms with Crippen LogP contribution in [-0.2, 0) is 10.0 Å². The smallest absolute Gasteiger partial charge is 0.260 e. The first-order chi connectivity index (χ1) is 14.4. The summed E-state index contributed by atoms with van der Waals surface area (Å²) in [4.78, 5) is 13.2. The maximum Gasteiger partial charge on any atom is 0.260 e. The molecule has 0 unspecified atom stereocenters. The molecule has 1 atom stereocenters. The first-order valence-corrected chi connectivity index (χ1v) is 11.4. The van der Waals surface area contributed by atoms with E-state index in [1.165, 1.54) is 12.1 Å². The van der Waals surface area contributed by atoms with Crippen molar-refractivity contribution in [1.29, 1.82) is 0 Å². The molecule has 1 amide bonds. The van der Waals surface area contributed by atoms with Gasteiger partial charge in [0.05, 0.1) is 17.1 Å². The molecule has 0 radical (unpaired) electrons. The normalized spacial score (nSPS) is 12.5. The lowest BCUT2D eigenvalue weighted by atomic mass is 10.0. The highest BCUT2D eigenvalue weighted by Gasteiger charge is 2.19. The van der Waals surface area contributed by atoms with Crippen LogP contribution in [0.4, 0.5) is 5.69 Å². The van der Waals surface area contributed by atoms with Crippen LogP contribution in [0.2, 0.25) is 0 Å². The summed E-state index contributed by atoms with van der Waals surface area (Å²) in [6.45, 7) is 6.03. The second-order valence-corrected chi connectivity index (χ2v) is 8.72. The van der Waals surface area contributed by atoms with Gasteiger partial charge in [-0.3, -0.25) is 4.79 Å². The standard InChI is InChI=1S/C23H26N2O4S/c1-4-16(3)25-30(27,28)19-13-11-18(12-14-19)24-23(26)22-20-9-7-6-8-17(20)10-15-21(22)29-5-2/h6-16,25H,4-5H2,1-3H3,(H,24,26)/t16-/m1/s1. The van der Waals surface area contributed by atoms with Gasteiger partial charge in [-0.05, 0) is 61.4 Å². The van der Waals surface area contributed by atoms with E-state index in [9.17, 15) is 13.2 Å². The van der Waals surface area contributed by atoms with Crippen molar-refractivity contribution in [2.75, 3.05) is 11.9 Å². The number of carbonyl (C=O) groups excluding carboxylic acids is 1. The van der Waals surface area contributed by atoms with E-state index in [-0.39, 0.29) is 16.8 Å². The van der Waals surface area contributed by atoms with Gasteiger partial charge in [0.2, 0.25) is 10.0 Å². The second-order valence-electron chi connectivity index (χ2n) is 7.00. The molecule has 0 saturated carbocycles. The summed E-state index contributed by atoms with van der Waals surface area (Å²) in [5, 5.41) is 4.57.